The number of carbonyl (C=O) groups excluding carboxylic acids is 1. The molecule has 0 bridgehead atoms. The van der Waals surface area contributed by atoms with Crippen molar-refractivity contribution in [1.29, 1.82) is 0 Å². The molecule has 1 amide bonds. The van der Waals surface area contributed by atoms with Gasteiger partial charge < -0.3 is 14.8 Å². The van der Waals surface area contributed by atoms with Crippen LogP contribution in [0.1, 0.15) is 15.9 Å². The van der Waals surface area contributed by atoms with Gasteiger partial charge in [-0.25, -0.2) is 4.39 Å². The van der Waals surface area contributed by atoms with Crippen molar-refractivity contribution < 1.29 is 18.7 Å². The summed E-state index contributed by atoms with van der Waals surface area (Å²) in [6.45, 7) is 0.401. The molecule has 0 radical (unpaired) electrons. The van der Waals surface area contributed by atoms with Crippen LogP contribution in [0, 0.1) is 5.82 Å². The Morgan fingerprint density at radius 1 is 0.962 bits per heavy atom. The highest BCUT2D eigenvalue weighted by Crippen LogP contribution is 2.29. The molecule has 0 saturated heterocycles. The minimum Gasteiger partial charge on any atom is -0.493 e. The Balaban J connectivity index is 1.71. The molecule has 132 valence electrons. The average molecular weight is 351 g/mol. The largest absolute Gasteiger partial charge is 0.493 e. The Morgan fingerprint density at radius 2 is 1.69 bits per heavy atom. The number of anilines is 1. The van der Waals surface area contributed by atoms with Gasteiger partial charge in [-0.1, -0.05) is 30.3 Å². The molecule has 3 aromatic rings. The van der Waals surface area contributed by atoms with Crippen molar-refractivity contribution >= 4 is 11.6 Å². The standard InChI is InChI=1S/C21H18FNO3/c1-25-20-13-16(21(24)23-18-10-8-17(22)9-11-18)7-12-19(20)26-14-15-5-3-2-4-6-15/h2-13H,14H2,1H3,(H,23,24). The number of methoxy groups -OCH3 is 1. The van der Waals surface area contributed by atoms with Crippen LogP contribution in [-0.2, 0) is 6.61 Å². The Hall–Kier alpha value is -3.34. The second-order valence-electron chi connectivity index (χ2n) is 5.60. The van der Waals surface area contributed by atoms with Gasteiger partial charge in [0.25, 0.3) is 5.91 Å². The molecule has 4 nitrogen and oxygen atoms in total. The Kier molecular flexibility index (Phi) is 5.49. The maximum Gasteiger partial charge on any atom is 0.255 e. The number of nitrogens with one attached hydrogen (secondary N) is 1. The minimum atomic E-state index is -0.357. The van der Waals surface area contributed by atoms with Crippen molar-refractivity contribution in [2.24, 2.45) is 0 Å². The predicted octanol–water partition coefficient (Wildman–Crippen LogP) is 4.67. The number of carbonyl (C=O) groups is 1. The molecule has 0 aliphatic carbocycles. The maximum absolute atomic E-state index is 12.9. The van der Waals surface area contributed by atoms with Crippen LogP contribution in [-0.4, -0.2) is 13.0 Å². The van der Waals surface area contributed by atoms with E-state index in [1.165, 1.54) is 31.4 Å². The molecule has 0 spiro atoms. The van der Waals surface area contributed by atoms with Crippen LogP contribution < -0.4 is 14.8 Å². The molecule has 0 heterocycles. The van der Waals surface area contributed by atoms with E-state index in [0.29, 0.717) is 29.4 Å². The molecule has 0 fully saturated rings. The SMILES string of the molecule is COc1cc(C(=O)Nc2ccc(F)cc2)ccc1OCc1ccccc1. The highest BCUT2D eigenvalue weighted by Gasteiger charge is 2.12. The summed E-state index contributed by atoms with van der Waals surface area (Å²) in [5, 5.41) is 2.71. The lowest BCUT2D eigenvalue weighted by Gasteiger charge is -2.12. The summed E-state index contributed by atoms with van der Waals surface area (Å²) in [4.78, 5) is 12.4. The van der Waals surface area contributed by atoms with Crippen LogP contribution in [0.2, 0.25) is 0 Å². The summed E-state index contributed by atoms with van der Waals surface area (Å²) in [6, 6.07) is 20.3. The Labute approximate surface area is 151 Å². The van der Waals surface area contributed by atoms with E-state index in [9.17, 15) is 9.18 Å². The highest BCUT2D eigenvalue weighted by atomic mass is 19.1. The van der Waals surface area contributed by atoms with Crippen LogP contribution in [0.15, 0.2) is 72.8 Å². The number of rotatable bonds is 6. The van der Waals surface area contributed by atoms with Crippen molar-refractivity contribution in [1.82, 2.24) is 0 Å². The van der Waals surface area contributed by atoms with Crippen molar-refractivity contribution in [2.45, 2.75) is 6.61 Å². The minimum absolute atomic E-state index is 0.315. The normalized spacial score (nSPS) is 10.2. The van der Waals surface area contributed by atoms with Crippen LogP contribution in [0.25, 0.3) is 0 Å². The van der Waals surface area contributed by atoms with Gasteiger partial charge in [-0.3, -0.25) is 4.79 Å². The molecule has 0 aliphatic heterocycles. The number of ether oxygens (including phenoxy) is 2. The number of hydrogen-bond donors (Lipinski definition) is 1. The highest BCUT2D eigenvalue weighted by molar-refractivity contribution is 6.04. The van der Waals surface area contributed by atoms with Crippen LogP contribution in [0.5, 0.6) is 11.5 Å². The third kappa shape index (κ3) is 4.39. The van der Waals surface area contributed by atoms with E-state index in [1.54, 1.807) is 18.2 Å². The number of benzene rings is 3. The number of halogens is 1. The van der Waals surface area contributed by atoms with E-state index >= 15 is 0 Å². The first kappa shape index (κ1) is 17.5. The zero-order chi connectivity index (χ0) is 18.4. The second-order valence-corrected chi connectivity index (χ2v) is 5.60. The molecular weight excluding hydrogens is 333 g/mol. The van der Waals surface area contributed by atoms with Gasteiger partial charge >= 0.3 is 0 Å². The molecule has 3 rings (SSSR count). The Bertz CT molecular complexity index is 880. The lowest BCUT2D eigenvalue weighted by molar-refractivity contribution is 0.102. The Morgan fingerprint density at radius 3 is 2.38 bits per heavy atom. The van der Waals surface area contributed by atoms with Crippen LogP contribution in [0.4, 0.5) is 10.1 Å². The summed E-state index contributed by atoms with van der Waals surface area (Å²) < 4.78 is 24.1. The van der Waals surface area contributed by atoms with E-state index in [4.69, 9.17) is 9.47 Å². The van der Waals surface area contributed by atoms with Gasteiger partial charge in [0, 0.05) is 11.3 Å². The van der Waals surface area contributed by atoms with Crippen molar-refractivity contribution in [2.75, 3.05) is 12.4 Å². The third-order valence-electron chi connectivity index (χ3n) is 3.77. The molecule has 0 atom stereocenters. The number of hydrogen-bond acceptors (Lipinski definition) is 3. The monoisotopic (exact) mass is 351 g/mol. The van der Waals surface area contributed by atoms with Gasteiger partial charge in [0.15, 0.2) is 11.5 Å². The van der Waals surface area contributed by atoms with Gasteiger partial charge in [-0.05, 0) is 48.0 Å². The lowest BCUT2D eigenvalue weighted by Crippen LogP contribution is -2.12. The summed E-state index contributed by atoms with van der Waals surface area (Å²) >= 11 is 0. The smallest absolute Gasteiger partial charge is 0.255 e. The molecular formula is C21H18FNO3. The first-order valence-corrected chi connectivity index (χ1v) is 8.07. The molecule has 26 heavy (non-hydrogen) atoms. The van der Waals surface area contributed by atoms with Gasteiger partial charge in [-0.15, -0.1) is 0 Å². The zero-order valence-electron chi connectivity index (χ0n) is 14.2. The predicted molar refractivity (Wildman–Crippen MR) is 98.1 cm³/mol. The van der Waals surface area contributed by atoms with Gasteiger partial charge in [0.1, 0.15) is 12.4 Å². The van der Waals surface area contributed by atoms with E-state index in [2.05, 4.69) is 5.32 Å². The van der Waals surface area contributed by atoms with Crippen molar-refractivity contribution in [3.63, 3.8) is 0 Å². The van der Waals surface area contributed by atoms with Gasteiger partial charge in [0.05, 0.1) is 7.11 Å². The second kappa shape index (κ2) is 8.16. The molecule has 5 heteroatoms. The van der Waals surface area contributed by atoms with Gasteiger partial charge in [-0.2, -0.15) is 0 Å². The summed E-state index contributed by atoms with van der Waals surface area (Å²) in [5.74, 6) is 0.344. The van der Waals surface area contributed by atoms with Gasteiger partial charge in [0.2, 0.25) is 0 Å². The van der Waals surface area contributed by atoms with Crippen LogP contribution in [0.3, 0.4) is 0 Å². The summed E-state index contributed by atoms with van der Waals surface area (Å²) in [7, 11) is 1.52. The topological polar surface area (TPSA) is 47.6 Å². The maximum atomic E-state index is 12.9. The third-order valence-corrected chi connectivity index (χ3v) is 3.77. The fraction of sp³-hybridized carbons (Fsp3) is 0.0952. The molecule has 0 aromatic heterocycles. The first-order chi connectivity index (χ1) is 12.7. The first-order valence-electron chi connectivity index (χ1n) is 8.07. The zero-order valence-corrected chi connectivity index (χ0v) is 14.2. The molecule has 1 N–H and O–H groups in total. The molecule has 3 aromatic carbocycles. The number of amides is 1. The van der Waals surface area contributed by atoms with Crippen molar-refractivity contribution in [3.8, 4) is 11.5 Å². The quantitative estimate of drug-likeness (QED) is 0.702. The molecule has 0 saturated carbocycles. The molecule has 0 aliphatic rings. The average Bonchev–Trinajstić information content (AvgIpc) is 2.68. The molecule has 0 unspecified atom stereocenters. The fourth-order valence-electron chi connectivity index (χ4n) is 2.40. The van der Waals surface area contributed by atoms with Crippen molar-refractivity contribution in [3.05, 3.63) is 89.7 Å². The van der Waals surface area contributed by atoms with E-state index < -0.39 is 0 Å². The van der Waals surface area contributed by atoms with E-state index in [1.807, 2.05) is 30.3 Å². The summed E-state index contributed by atoms with van der Waals surface area (Å²) in [6.07, 6.45) is 0. The van der Waals surface area contributed by atoms with E-state index in [-0.39, 0.29) is 11.7 Å². The van der Waals surface area contributed by atoms with Crippen LogP contribution >= 0.6 is 0 Å². The summed E-state index contributed by atoms with van der Waals surface area (Å²) in [5.41, 5.74) is 1.96. The fourth-order valence-corrected chi connectivity index (χ4v) is 2.40. The van der Waals surface area contributed by atoms with E-state index in [0.717, 1.165) is 5.56 Å². The lowest BCUT2D eigenvalue weighted by atomic mass is 10.1.